The Hall–Kier alpha value is -4.06. The fourth-order valence-corrected chi connectivity index (χ4v) is 4.43. The zero-order valence-corrected chi connectivity index (χ0v) is 19.5. The molecule has 0 saturated carbocycles. The topological polar surface area (TPSA) is 50.6 Å². The maximum absolute atomic E-state index is 13.7. The average molecular weight is 453 g/mol. The van der Waals surface area contributed by atoms with Gasteiger partial charge in [0, 0.05) is 49.7 Å². The molecular weight excluding hydrogens is 424 g/mol. The molecule has 172 valence electrons. The first-order valence-electron chi connectivity index (χ1n) is 11.5. The van der Waals surface area contributed by atoms with Gasteiger partial charge in [0.15, 0.2) is 0 Å². The maximum atomic E-state index is 13.7. The Morgan fingerprint density at radius 3 is 2.29 bits per heavy atom. The molecule has 1 saturated heterocycles. The van der Waals surface area contributed by atoms with Crippen LogP contribution in [0.15, 0.2) is 85.1 Å². The lowest BCUT2D eigenvalue weighted by Gasteiger charge is -2.36. The van der Waals surface area contributed by atoms with Gasteiger partial charge in [-0.2, -0.15) is 5.10 Å². The van der Waals surface area contributed by atoms with Gasteiger partial charge in [-0.05, 0) is 36.8 Å². The van der Waals surface area contributed by atoms with E-state index in [2.05, 4.69) is 24.0 Å². The predicted octanol–water partition coefficient (Wildman–Crippen LogP) is 4.82. The normalized spacial score (nSPS) is 13.7. The largest absolute Gasteiger partial charge is 0.497 e. The minimum absolute atomic E-state index is 0.0192. The summed E-state index contributed by atoms with van der Waals surface area (Å²) in [6.45, 7) is 4.90. The van der Waals surface area contributed by atoms with Crippen LogP contribution in [0, 0.1) is 6.92 Å². The number of aromatic nitrogens is 2. The summed E-state index contributed by atoms with van der Waals surface area (Å²) < 4.78 is 7.17. The molecular formula is C28H28N4O2. The third-order valence-electron chi connectivity index (χ3n) is 6.35. The molecule has 5 rings (SSSR count). The third kappa shape index (κ3) is 4.27. The molecule has 1 aliphatic heterocycles. The molecule has 1 aromatic heterocycles. The molecule has 3 aromatic carbocycles. The minimum Gasteiger partial charge on any atom is -0.497 e. The third-order valence-corrected chi connectivity index (χ3v) is 6.35. The lowest BCUT2D eigenvalue weighted by atomic mass is 10.0. The summed E-state index contributed by atoms with van der Waals surface area (Å²) in [4.78, 5) is 18.0. The van der Waals surface area contributed by atoms with Crippen molar-refractivity contribution < 1.29 is 9.53 Å². The van der Waals surface area contributed by atoms with Crippen molar-refractivity contribution in [2.24, 2.45) is 0 Å². The Labute approximate surface area is 200 Å². The first-order valence-corrected chi connectivity index (χ1v) is 11.5. The van der Waals surface area contributed by atoms with Crippen LogP contribution in [0.4, 0.5) is 5.69 Å². The van der Waals surface area contributed by atoms with Crippen molar-refractivity contribution in [3.63, 3.8) is 0 Å². The van der Waals surface area contributed by atoms with E-state index in [0.29, 0.717) is 18.7 Å². The summed E-state index contributed by atoms with van der Waals surface area (Å²) >= 11 is 0. The predicted molar refractivity (Wildman–Crippen MR) is 135 cm³/mol. The molecule has 6 nitrogen and oxygen atoms in total. The summed E-state index contributed by atoms with van der Waals surface area (Å²) in [6, 6.07) is 26.1. The van der Waals surface area contributed by atoms with Crippen molar-refractivity contribution in [1.29, 1.82) is 0 Å². The molecule has 0 bridgehead atoms. The highest BCUT2D eigenvalue weighted by Gasteiger charge is 2.27. The first kappa shape index (κ1) is 21.8. The minimum atomic E-state index is 0.0192. The lowest BCUT2D eigenvalue weighted by molar-refractivity contribution is 0.0747. The molecule has 2 heterocycles. The molecule has 1 fully saturated rings. The molecule has 0 radical (unpaired) electrons. The highest BCUT2D eigenvalue weighted by molar-refractivity contribution is 6.00. The Kier molecular flexibility index (Phi) is 6.04. The molecule has 0 N–H and O–H groups in total. The van der Waals surface area contributed by atoms with Crippen LogP contribution < -0.4 is 9.64 Å². The average Bonchev–Trinajstić information content (AvgIpc) is 3.34. The second kappa shape index (κ2) is 9.43. The van der Waals surface area contributed by atoms with Gasteiger partial charge in [-0.25, -0.2) is 4.68 Å². The number of carbonyl (C=O) groups excluding carboxylic acids is 1. The van der Waals surface area contributed by atoms with Crippen LogP contribution in [0.1, 0.15) is 15.9 Å². The summed E-state index contributed by atoms with van der Waals surface area (Å²) in [6.07, 6.45) is 1.87. The number of hydrogen-bond acceptors (Lipinski definition) is 4. The highest BCUT2D eigenvalue weighted by Crippen LogP contribution is 2.28. The number of anilines is 1. The fourth-order valence-electron chi connectivity index (χ4n) is 4.43. The van der Waals surface area contributed by atoms with Gasteiger partial charge in [-0.3, -0.25) is 4.79 Å². The highest BCUT2D eigenvalue weighted by atomic mass is 16.5. The maximum Gasteiger partial charge on any atom is 0.257 e. The van der Waals surface area contributed by atoms with Gasteiger partial charge in [0.1, 0.15) is 11.4 Å². The van der Waals surface area contributed by atoms with E-state index in [9.17, 15) is 4.79 Å². The zero-order chi connectivity index (χ0) is 23.5. The van der Waals surface area contributed by atoms with Crippen LogP contribution in [0.3, 0.4) is 0 Å². The number of hydrogen-bond donors (Lipinski definition) is 0. The van der Waals surface area contributed by atoms with Crippen molar-refractivity contribution in [3.8, 4) is 22.7 Å². The number of amides is 1. The fraction of sp³-hybridized carbons (Fsp3) is 0.214. The Balaban J connectivity index is 1.42. The second-order valence-corrected chi connectivity index (χ2v) is 8.47. The smallest absolute Gasteiger partial charge is 0.257 e. The van der Waals surface area contributed by atoms with Crippen molar-refractivity contribution >= 4 is 11.6 Å². The molecule has 4 aromatic rings. The molecule has 1 amide bonds. The van der Waals surface area contributed by atoms with Crippen molar-refractivity contribution in [2.75, 3.05) is 38.2 Å². The number of nitrogens with zero attached hydrogens (tertiary/aromatic N) is 4. The van der Waals surface area contributed by atoms with Gasteiger partial charge >= 0.3 is 0 Å². The summed E-state index contributed by atoms with van der Waals surface area (Å²) in [7, 11) is 1.68. The number of rotatable bonds is 5. The number of para-hydroxylation sites is 1. The van der Waals surface area contributed by atoms with Crippen molar-refractivity contribution in [1.82, 2.24) is 14.7 Å². The molecule has 0 spiro atoms. The quantitative estimate of drug-likeness (QED) is 0.436. The van der Waals surface area contributed by atoms with Crippen LogP contribution in [0.25, 0.3) is 16.9 Å². The van der Waals surface area contributed by atoms with Gasteiger partial charge in [0.05, 0.1) is 18.4 Å². The number of aryl methyl sites for hydroxylation is 1. The van der Waals surface area contributed by atoms with Gasteiger partial charge in [0.25, 0.3) is 5.91 Å². The molecule has 0 atom stereocenters. The molecule has 6 heteroatoms. The summed E-state index contributed by atoms with van der Waals surface area (Å²) in [5, 5.41) is 4.85. The van der Waals surface area contributed by atoms with Crippen LogP contribution >= 0.6 is 0 Å². The van der Waals surface area contributed by atoms with Gasteiger partial charge in [-0.1, -0.05) is 48.5 Å². The van der Waals surface area contributed by atoms with Crippen molar-refractivity contribution in [3.05, 3.63) is 96.2 Å². The van der Waals surface area contributed by atoms with E-state index in [4.69, 9.17) is 9.84 Å². The molecule has 1 aliphatic rings. The number of methoxy groups -OCH3 is 1. The van der Waals surface area contributed by atoms with E-state index < -0.39 is 0 Å². The number of ether oxygens (including phenoxy) is 1. The van der Waals surface area contributed by atoms with E-state index in [1.807, 2.05) is 82.5 Å². The van der Waals surface area contributed by atoms with Crippen LogP contribution in [-0.4, -0.2) is 53.9 Å². The van der Waals surface area contributed by atoms with E-state index in [0.717, 1.165) is 47.0 Å². The van der Waals surface area contributed by atoms with Crippen LogP contribution in [-0.2, 0) is 0 Å². The van der Waals surface area contributed by atoms with E-state index in [-0.39, 0.29) is 5.91 Å². The number of benzene rings is 3. The first-order chi connectivity index (χ1) is 16.6. The molecule has 0 unspecified atom stereocenters. The van der Waals surface area contributed by atoms with Gasteiger partial charge < -0.3 is 14.5 Å². The van der Waals surface area contributed by atoms with Gasteiger partial charge in [-0.15, -0.1) is 0 Å². The van der Waals surface area contributed by atoms with E-state index >= 15 is 0 Å². The molecule has 34 heavy (non-hydrogen) atoms. The Morgan fingerprint density at radius 2 is 1.56 bits per heavy atom. The van der Waals surface area contributed by atoms with Crippen molar-refractivity contribution in [2.45, 2.75) is 6.92 Å². The number of carbonyl (C=O) groups is 1. The Morgan fingerprint density at radius 1 is 0.853 bits per heavy atom. The van der Waals surface area contributed by atoms with E-state index in [1.165, 1.54) is 0 Å². The van der Waals surface area contributed by atoms with E-state index in [1.54, 1.807) is 7.11 Å². The second-order valence-electron chi connectivity index (χ2n) is 8.47. The van der Waals surface area contributed by atoms with Crippen LogP contribution in [0.2, 0.25) is 0 Å². The standard InChI is InChI=1S/C28H28N4O2/c1-21-9-6-7-14-25(21)27-26(20-32(29-27)22-10-4-3-5-11-22)28(33)31-17-15-30(16-18-31)23-12-8-13-24(19-23)34-2/h3-14,19-20H,15-18H2,1-2H3. The SMILES string of the molecule is COc1cccc(N2CCN(C(=O)c3cn(-c4ccccc4)nc3-c3ccccc3C)CC2)c1. The Bertz CT molecular complexity index is 1290. The molecule has 0 aliphatic carbocycles. The number of piperazine rings is 1. The summed E-state index contributed by atoms with van der Waals surface area (Å²) in [5.41, 5.74) is 5.48. The lowest BCUT2D eigenvalue weighted by Crippen LogP contribution is -2.48. The zero-order valence-electron chi connectivity index (χ0n) is 19.5. The van der Waals surface area contributed by atoms with Crippen LogP contribution in [0.5, 0.6) is 5.75 Å². The summed E-state index contributed by atoms with van der Waals surface area (Å²) in [5.74, 6) is 0.859. The monoisotopic (exact) mass is 452 g/mol. The van der Waals surface area contributed by atoms with Gasteiger partial charge in [0.2, 0.25) is 0 Å².